The van der Waals surface area contributed by atoms with Gasteiger partial charge in [0.2, 0.25) is 0 Å². The van der Waals surface area contributed by atoms with Crippen molar-refractivity contribution < 1.29 is 0 Å². The van der Waals surface area contributed by atoms with Gasteiger partial charge in [0.15, 0.2) is 0 Å². The summed E-state index contributed by atoms with van der Waals surface area (Å²) in [6.45, 7) is 7.40. The van der Waals surface area contributed by atoms with Crippen LogP contribution in [0.5, 0.6) is 0 Å². The number of rotatable bonds is 3. The van der Waals surface area contributed by atoms with Crippen LogP contribution in [0.1, 0.15) is 29.3 Å². The van der Waals surface area contributed by atoms with Crippen LogP contribution in [-0.2, 0) is 19.5 Å². The molecule has 1 aliphatic rings. The van der Waals surface area contributed by atoms with Crippen LogP contribution in [0.2, 0.25) is 0 Å². The molecule has 0 N–H and O–H groups in total. The lowest BCUT2D eigenvalue weighted by molar-refractivity contribution is 0.310. The van der Waals surface area contributed by atoms with Crippen molar-refractivity contribution in [1.82, 2.24) is 14.5 Å². The minimum atomic E-state index is 0.916. The summed E-state index contributed by atoms with van der Waals surface area (Å²) in [5, 5.41) is 1.42. The molecule has 1 aliphatic heterocycles. The van der Waals surface area contributed by atoms with E-state index in [1.807, 2.05) is 12.4 Å². The van der Waals surface area contributed by atoms with Gasteiger partial charge in [-0.1, -0.05) is 17.7 Å². The third-order valence-electron chi connectivity index (χ3n) is 5.33. The Kier molecular flexibility index (Phi) is 4.18. The molecule has 0 atom stereocenters. The Balaban J connectivity index is 1.84. The highest BCUT2D eigenvalue weighted by molar-refractivity contribution is 5.87. The molecule has 0 bridgehead atoms. The first-order valence-electron chi connectivity index (χ1n) is 9.02. The van der Waals surface area contributed by atoms with Crippen molar-refractivity contribution in [3.63, 3.8) is 0 Å². The highest BCUT2D eigenvalue weighted by Crippen LogP contribution is 2.33. The number of hydrogen-bond acceptors (Lipinski definition) is 2. The first kappa shape index (κ1) is 16.1. The lowest BCUT2D eigenvalue weighted by Crippen LogP contribution is -2.27. The molecule has 0 saturated heterocycles. The first-order valence-corrected chi connectivity index (χ1v) is 9.02. The van der Waals surface area contributed by atoms with E-state index in [1.54, 1.807) is 0 Å². The molecule has 1 aromatic carbocycles. The molecule has 25 heavy (non-hydrogen) atoms. The summed E-state index contributed by atoms with van der Waals surface area (Å²) in [5.74, 6) is 0. The van der Waals surface area contributed by atoms with Gasteiger partial charge >= 0.3 is 0 Å². The van der Waals surface area contributed by atoms with E-state index in [4.69, 9.17) is 0 Å². The van der Waals surface area contributed by atoms with Crippen LogP contribution in [0.25, 0.3) is 16.5 Å². The molecule has 3 aromatic rings. The molecule has 0 spiro atoms. The maximum Gasteiger partial charge on any atom is 0.0489 e. The van der Waals surface area contributed by atoms with Gasteiger partial charge in [-0.2, -0.15) is 0 Å². The lowest BCUT2D eigenvalue weighted by Gasteiger charge is -2.24. The molecule has 128 valence electrons. The highest BCUT2D eigenvalue weighted by atomic mass is 15.1. The van der Waals surface area contributed by atoms with E-state index in [0.717, 1.165) is 26.1 Å². The minimum absolute atomic E-state index is 0.916. The molecule has 0 unspecified atom stereocenters. The van der Waals surface area contributed by atoms with E-state index in [2.05, 4.69) is 71.8 Å². The number of allylic oxidation sites excluding steroid dienone is 2. The van der Waals surface area contributed by atoms with Crippen molar-refractivity contribution in [2.24, 2.45) is 0 Å². The van der Waals surface area contributed by atoms with Gasteiger partial charge in [0.25, 0.3) is 0 Å². The van der Waals surface area contributed by atoms with Crippen molar-refractivity contribution in [2.75, 3.05) is 13.6 Å². The largest absolute Gasteiger partial charge is 0.340 e. The van der Waals surface area contributed by atoms with Crippen LogP contribution in [0.3, 0.4) is 0 Å². The van der Waals surface area contributed by atoms with Gasteiger partial charge in [0, 0.05) is 55.0 Å². The quantitative estimate of drug-likeness (QED) is 0.707. The normalized spacial score (nSPS) is 15.6. The maximum atomic E-state index is 4.16. The van der Waals surface area contributed by atoms with E-state index in [0.29, 0.717) is 0 Å². The Morgan fingerprint density at radius 3 is 2.76 bits per heavy atom. The Bertz CT molecular complexity index is 935. The van der Waals surface area contributed by atoms with Gasteiger partial charge in [-0.05, 0) is 61.9 Å². The van der Waals surface area contributed by atoms with Crippen molar-refractivity contribution in [1.29, 1.82) is 0 Å². The minimum Gasteiger partial charge on any atom is -0.340 e. The van der Waals surface area contributed by atoms with E-state index < -0.39 is 0 Å². The molecule has 3 heterocycles. The van der Waals surface area contributed by atoms with E-state index in [9.17, 15) is 0 Å². The van der Waals surface area contributed by atoms with Crippen molar-refractivity contribution in [3.8, 4) is 0 Å². The zero-order valence-corrected chi connectivity index (χ0v) is 15.3. The van der Waals surface area contributed by atoms with Crippen LogP contribution in [-0.4, -0.2) is 28.0 Å². The highest BCUT2D eigenvalue weighted by Gasteiger charge is 2.22. The van der Waals surface area contributed by atoms with Crippen LogP contribution in [0, 0.1) is 6.92 Å². The molecule has 0 fully saturated rings. The Morgan fingerprint density at radius 1 is 1.20 bits per heavy atom. The van der Waals surface area contributed by atoms with Crippen molar-refractivity contribution in [3.05, 3.63) is 71.2 Å². The molecule has 3 nitrogen and oxygen atoms in total. The summed E-state index contributed by atoms with van der Waals surface area (Å²) in [6, 6.07) is 11.1. The summed E-state index contributed by atoms with van der Waals surface area (Å²) in [4.78, 5) is 6.58. The molecule has 3 heteroatoms. The molecule has 4 rings (SSSR count). The number of fused-ring (bicyclic) bond motifs is 3. The van der Waals surface area contributed by atoms with Crippen LogP contribution >= 0.6 is 0 Å². The monoisotopic (exact) mass is 331 g/mol. The topological polar surface area (TPSA) is 21.1 Å². The second kappa shape index (κ2) is 6.49. The molecule has 2 aromatic heterocycles. The maximum absolute atomic E-state index is 4.16. The summed E-state index contributed by atoms with van der Waals surface area (Å²) in [7, 11) is 2.22. The molecule has 0 radical (unpaired) electrons. The van der Waals surface area contributed by atoms with E-state index >= 15 is 0 Å². The SMILES string of the molecule is C/C=C(/Cn1c2c(c3cc(C)ccc31)CN(C)CC2)c1ccncc1. The number of nitrogens with zero attached hydrogens (tertiary/aromatic N) is 3. The molecule has 0 aliphatic carbocycles. The zero-order chi connectivity index (χ0) is 17.4. The summed E-state index contributed by atoms with van der Waals surface area (Å²) < 4.78 is 2.53. The van der Waals surface area contributed by atoms with Crippen molar-refractivity contribution >= 4 is 16.5 Å². The first-order chi connectivity index (χ1) is 12.2. The van der Waals surface area contributed by atoms with Gasteiger partial charge in [-0.25, -0.2) is 0 Å². The number of likely N-dealkylation sites (N-methyl/N-ethyl adjacent to an activating group) is 1. The van der Waals surface area contributed by atoms with Gasteiger partial charge in [-0.15, -0.1) is 0 Å². The molecule has 0 amide bonds. The third-order valence-corrected chi connectivity index (χ3v) is 5.33. The van der Waals surface area contributed by atoms with Crippen LogP contribution < -0.4 is 0 Å². The van der Waals surface area contributed by atoms with Crippen LogP contribution in [0.4, 0.5) is 0 Å². The van der Waals surface area contributed by atoms with Crippen molar-refractivity contribution in [2.45, 2.75) is 33.4 Å². The predicted molar refractivity (Wildman–Crippen MR) is 105 cm³/mol. The summed E-state index contributed by atoms with van der Waals surface area (Å²) >= 11 is 0. The fraction of sp³-hybridized carbons (Fsp3) is 0.318. The van der Waals surface area contributed by atoms with Gasteiger partial charge in [-0.3, -0.25) is 4.98 Å². The number of aromatic nitrogens is 2. The number of benzene rings is 1. The predicted octanol–water partition coefficient (Wildman–Crippen LogP) is 4.44. The van der Waals surface area contributed by atoms with Crippen LogP contribution in [0.15, 0.2) is 48.8 Å². The average Bonchev–Trinajstić information content (AvgIpc) is 2.92. The zero-order valence-electron chi connectivity index (χ0n) is 15.3. The molecular weight excluding hydrogens is 306 g/mol. The standard InChI is InChI=1S/C22H25N3/c1-4-17(18-7-10-23-11-8-18)14-25-21-6-5-16(2)13-19(21)20-15-24(3)12-9-22(20)25/h4-8,10-11,13H,9,12,14-15H2,1-3H3/b17-4-. The summed E-state index contributed by atoms with van der Waals surface area (Å²) in [6.07, 6.45) is 7.10. The van der Waals surface area contributed by atoms with Gasteiger partial charge in [0.1, 0.15) is 0 Å². The second-order valence-electron chi connectivity index (χ2n) is 7.07. The third kappa shape index (κ3) is 2.89. The lowest BCUT2D eigenvalue weighted by atomic mass is 10.0. The fourth-order valence-corrected chi connectivity index (χ4v) is 3.96. The molecule has 0 saturated carbocycles. The van der Waals surface area contributed by atoms with Gasteiger partial charge in [0.05, 0.1) is 0 Å². The average molecular weight is 331 g/mol. The Hall–Kier alpha value is -2.39. The molecular formula is C22H25N3. The Morgan fingerprint density at radius 2 is 2.00 bits per heavy atom. The smallest absolute Gasteiger partial charge is 0.0489 e. The van der Waals surface area contributed by atoms with Gasteiger partial charge < -0.3 is 9.47 Å². The Labute approximate surface area is 149 Å². The second-order valence-corrected chi connectivity index (χ2v) is 7.07. The number of hydrogen-bond donors (Lipinski definition) is 0. The van der Waals surface area contributed by atoms with E-state index in [-0.39, 0.29) is 0 Å². The fourth-order valence-electron chi connectivity index (χ4n) is 3.96. The number of pyridine rings is 1. The summed E-state index contributed by atoms with van der Waals surface area (Å²) in [5.41, 5.74) is 8.32. The number of aryl methyl sites for hydroxylation is 1. The van der Waals surface area contributed by atoms with E-state index in [1.165, 1.54) is 38.9 Å².